The molecule has 0 saturated heterocycles. The van der Waals surface area contributed by atoms with E-state index in [1.807, 2.05) is 30.3 Å². The molecule has 2 rings (SSSR count). The quantitative estimate of drug-likeness (QED) is 0.900. The smallest absolute Gasteiger partial charge is 0.250 e. The number of carbonyl (C=O) groups is 1. The Balaban J connectivity index is 1.87. The number of benzene rings is 1. The molecule has 4 nitrogen and oxygen atoms in total. The third-order valence-corrected chi connectivity index (χ3v) is 3.19. The Labute approximate surface area is 118 Å². The zero-order valence-corrected chi connectivity index (χ0v) is 11.5. The van der Waals surface area contributed by atoms with Crippen molar-refractivity contribution >= 4 is 5.91 Å². The molecule has 0 radical (unpaired) electrons. The average Bonchev–Trinajstić information content (AvgIpc) is 2.48. The molecule has 0 aliphatic rings. The number of hydrogen-bond acceptors (Lipinski definition) is 2. The zero-order chi connectivity index (χ0) is 14.4. The van der Waals surface area contributed by atoms with Gasteiger partial charge >= 0.3 is 0 Å². The molecule has 1 aromatic heterocycles. The van der Waals surface area contributed by atoms with Crippen LogP contribution >= 0.6 is 0 Å². The molecule has 0 saturated carbocycles. The molecule has 1 heterocycles. The van der Waals surface area contributed by atoms with Crippen molar-refractivity contribution in [3.8, 4) is 0 Å². The molecule has 0 spiro atoms. The van der Waals surface area contributed by atoms with E-state index >= 15 is 0 Å². The lowest BCUT2D eigenvalue weighted by Crippen LogP contribution is -2.33. The molecule has 1 N–H and O–H groups in total. The number of carbonyl (C=O) groups excluding carboxylic acids is 1. The summed E-state index contributed by atoms with van der Waals surface area (Å²) >= 11 is 0. The van der Waals surface area contributed by atoms with Crippen LogP contribution in [0.15, 0.2) is 59.5 Å². The van der Waals surface area contributed by atoms with Crippen molar-refractivity contribution in [2.45, 2.75) is 19.4 Å². The van der Waals surface area contributed by atoms with Gasteiger partial charge in [-0.05, 0) is 17.5 Å². The normalized spacial score (nSPS) is 11.8. The highest BCUT2D eigenvalue weighted by atomic mass is 16.2. The summed E-state index contributed by atoms with van der Waals surface area (Å²) in [5, 5.41) is 2.86. The molecule has 0 aliphatic heterocycles. The van der Waals surface area contributed by atoms with Crippen LogP contribution in [-0.2, 0) is 11.3 Å². The molecular weight excluding hydrogens is 252 g/mol. The Morgan fingerprint density at radius 3 is 2.55 bits per heavy atom. The van der Waals surface area contributed by atoms with Gasteiger partial charge in [0.05, 0.1) is 0 Å². The molecular formula is C16H18N2O2. The summed E-state index contributed by atoms with van der Waals surface area (Å²) in [6.45, 7) is 2.68. The molecule has 0 bridgehead atoms. The molecule has 104 valence electrons. The minimum absolute atomic E-state index is 0.0567. The summed E-state index contributed by atoms with van der Waals surface area (Å²) in [6, 6.07) is 14.9. The number of rotatable bonds is 5. The van der Waals surface area contributed by atoms with E-state index in [9.17, 15) is 9.59 Å². The van der Waals surface area contributed by atoms with E-state index in [2.05, 4.69) is 12.2 Å². The van der Waals surface area contributed by atoms with Gasteiger partial charge in [-0.3, -0.25) is 9.59 Å². The highest BCUT2D eigenvalue weighted by Crippen LogP contribution is 2.12. The monoisotopic (exact) mass is 270 g/mol. The first kappa shape index (κ1) is 14.1. The molecule has 0 unspecified atom stereocenters. The highest BCUT2D eigenvalue weighted by Gasteiger charge is 2.08. The fraction of sp³-hybridized carbons (Fsp3) is 0.250. The maximum atomic E-state index is 11.8. The number of pyridine rings is 1. The molecule has 2 aromatic rings. The van der Waals surface area contributed by atoms with Crippen molar-refractivity contribution in [1.82, 2.24) is 9.88 Å². The number of hydrogen-bond donors (Lipinski definition) is 1. The van der Waals surface area contributed by atoms with Crippen LogP contribution in [0, 0.1) is 0 Å². The summed E-state index contributed by atoms with van der Waals surface area (Å²) in [5.41, 5.74) is 1.02. The Hall–Kier alpha value is -2.36. The topological polar surface area (TPSA) is 51.1 Å². The Bertz CT molecular complexity index is 620. The van der Waals surface area contributed by atoms with E-state index in [-0.39, 0.29) is 23.9 Å². The maximum absolute atomic E-state index is 11.8. The van der Waals surface area contributed by atoms with Crippen LogP contribution in [0.1, 0.15) is 18.4 Å². The van der Waals surface area contributed by atoms with E-state index in [1.54, 1.807) is 18.3 Å². The molecule has 1 aromatic carbocycles. The van der Waals surface area contributed by atoms with Crippen molar-refractivity contribution in [3.63, 3.8) is 0 Å². The Morgan fingerprint density at radius 2 is 1.85 bits per heavy atom. The van der Waals surface area contributed by atoms with Gasteiger partial charge in [-0.15, -0.1) is 0 Å². The molecule has 1 amide bonds. The predicted octanol–water partition coefficient (Wildman–Crippen LogP) is 1.77. The van der Waals surface area contributed by atoms with Crippen molar-refractivity contribution < 1.29 is 4.79 Å². The average molecular weight is 270 g/mol. The van der Waals surface area contributed by atoms with Crippen LogP contribution in [-0.4, -0.2) is 17.0 Å². The minimum atomic E-state index is -0.168. The summed E-state index contributed by atoms with van der Waals surface area (Å²) < 4.78 is 1.39. The van der Waals surface area contributed by atoms with Gasteiger partial charge in [0.15, 0.2) is 0 Å². The van der Waals surface area contributed by atoms with Crippen LogP contribution in [0.5, 0.6) is 0 Å². The van der Waals surface area contributed by atoms with E-state index in [0.717, 1.165) is 0 Å². The number of nitrogens with zero attached hydrogens (tertiary/aromatic N) is 1. The van der Waals surface area contributed by atoms with Crippen molar-refractivity contribution in [2.75, 3.05) is 6.54 Å². The lowest BCUT2D eigenvalue weighted by molar-refractivity contribution is -0.121. The third kappa shape index (κ3) is 3.82. The lowest BCUT2D eigenvalue weighted by Gasteiger charge is -2.13. The summed E-state index contributed by atoms with van der Waals surface area (Å²) in [7, 11) is 0. The van der Waals surface area contributed by atoms with Crippen LogP contribution < -0.4 is 10.9 Å². The number of amides is 1. The third-order valence-electron chi connectivity index (χ3n) is 3.19. The SMILES string of the molecule is C[C@@H](CNC(=O)Cn1ccccc1=O)c1ccccc1. The van der Waals surface area contributed by atoms with E-state index in [4.69, 9.17) is 0 Å². The number of aromatic nitrogens is 1. The largest absolute Gasteiger partial charge is 0.354 e. The summed E-state index contributed by atoms with van der Waals surface area (Å²) in [5.74, 6) is 0.0914. The van der Waals surface area contributed by atoms with Crippen molar-refractivity contribution in [2.24, 2.45) is 0 Å². The van der Waals surface area contributed by atoms with E-state index < -0.39 is 0 Å². The second kappa shape index (κ2) is 6.70. The van der Waals surface area contributed by atoms with Gasteiger partial charge in [0.2, 0.25) is 5.91 Å². The van der Waals surface area contributed by atoms with Gasteiger partial charge in [-0.25, -0.2) is 0 Å². The number of nitrogens with one attached hydrogen (secondary N) is 1. The van der Waals surface area contributed by atoms with Crippen molar-refractivity contribution in [1.29, 1.82) is 0 Å². The minimum Gasteiger partial charge on any atom is -0.354 e. The second-order valence-corrected chi connectivity index (χ2v) is 4.78. The first-order valence-corrected chi connectivity index (χ1v) is 6.64. The Kier molecular flexibility index (Phi) is 4.71. The second-order valence-electron chi connectivity index (χ2n) is 4.78. The van der Waals surface area contributed by atoms with Gasteiger partial charge in [-0.1, -0.05) is 43.3 Å². The van der Waals surface area contributed by atoms with Crippen LogP contribution in [0.2, 0.25) is 0 Å². The summed E-state index contributed by atoms with van der Waals surface area (Å²) in [4.78, 5) is 23.3. The van der Waals surface area contributed by atoms with E-state index in [1.165, 1.54) is 16.2 Å². The molecule has 0 fully saturated rings. The van der Waals surface area contributed by atoms with Crippen LogP contribution in [0.3, 0.4) is 0 Å². The van der Waals surface area contributed by atoms with Gasteiger partial charge in [0.25, 0.3) is 5.56 Å². The molecule has 20 heavy (non-hydrogen) atoms. The van der Waals surface area contributed by atoms with Gasteiger partial charge in [-0.2, -0.15) is 0 Å². The zero-order valence-electron chi connectivity index (χ0n) is 11.5. The van der Waals surface area contributed by atoms with Crippen molar-refractivity contribution in [3.05, 3.63) is 70.6 Å². The van der Waals surface area contributed by atoms with Gasteiger partial charge < -0.3 is 9.88 Å². The standard InChI is InChI=1S/C16H18N2O2/c1-13(14-7-3-2-4-8-14)11-17-15(19)12-18-10-6-5-9-16(18)20/h2-10,13H,11-12H2,1H3,(H,17,19)/t13-/m0/s1. The fourth-order valence-corrected chi connectivity index (χ4v) is 1.97. The highest BCUT2D eigenvalue weighted by molar-refractivity contribution is 5.75. The fourth-order valence-electron chi connectivity index (χ4n) is 1.97. The molecule has 4 heteroatoms. The summed E-state index contributed by atoms with van der Waals surface area (Å²) in [6.07, 6.45) is 1.61. The predicted molar refractivity (Wildman–Crippen MR) is 78.6 cm³/mol. The van der Waals surface area contributed by atoms with Gasteiger partial charge in [0.1, 0.15) is 6.54 Å². The maximum Gasteiger partial charge on any atom is 0.250 e. The first-order valence-electron chi connectivity index (χ1n) is 6.64. The lowest BCUT2D eigenvalue weighted by atomic mass is 10.0. The molecule has 1 atom stereocenters. The van der Waals surface area contributed by atoms with Crippen LogP contribution in [0.4, 0.5) is 0 Å². The first-order chi connectivity index (χ1) is 9.66. The Morgan fingerprint density at radius 1 is 1.15 bits per heavy atom. The van der Waals surface area contributed by atoms with E-state index in [0.29, 0.717) is 6.54 Å². The van der Waals surface area contributed by atoms with Gasteiger partial charge in [0, 0.05) is 18.8 Å². The molecule has 0 aliphatic carbocycles. The van der Waals surface area contributed by atoms with Crippen LogP contribution in [0.25, 0.3) is 0 Å².